The van der Waals surface area contributed by atoms with Crippen molar-refractivity contribution in [2.75, 3.05) is 5.32 Å². The molecule has 0 aliphatic heterocycles. The van der Waals surface area contributed by atoms with E-state index in [-0.39, 0.29) is 11.7 Å². The van der Waals surface area contributed by atoms with Gasteiger partial charge in [0.15, 0.2) is 5.82 Å². The maximum atomic E-state index is 13.3. The van der Waals surface area contributed by atoms with Crippen molar-refractivity contribution in [2.24, 2.45) is 13.0 Å². The minimum absolute atomic E-state index is 0.266. The minimum Gasteiger partial charge on any atom is -0.309 e. The number of carbonyl (C=O) groups excluding carboxylic acids is 1. The van der Waals surface area contributed by atoms with Gasteiger partial charge in [-0.2, -0.15) is 5.10 Å². The standard InChI is InChI=1S/C19H20F3N3O/c1-25-16(12-5-7-14(20)8-6-12)15(11-3-2-4-11)17(24-25)23-18(26)13-9-19(21,22)10-13/h5-8,11,13H,2-4,9-10H2,1H3,(H,23,24,26). The lowest BCUT2D eigenvalue weighted by atomic mass is 9.78. The second-order valence-electron chi connectivity index (χ2n) is 7.32. The number of aromatic nitrogens is 2. The first-order chi connectivity index (χ1) is 12.3. The molecule has 1 heterocycles. The first-order valence-corrected chi connectivity index (χ1v) is 8.85. The van der Waals surface area contributed by atoms with Crippen LogP contribution in [0.5, 0.6) is 0 Å². The predicted molar refractivity (Wildman–Crippen MR) is 91.5 cm³/mol. The Bertz CT molecular complexity index is 832. The molecule has 0 bridgehead atoms. The van der Waals surface area contributed by atoms with E-state index in [2.05, 4.69) is 10.4 Å². The molecule has 0 radical (unpaired) electrons. The van der Waals surface area contributed by atoms with Gasteiger partial charge in [-0.05, 0) is 43.0 Å². The molecule has 2 saturated carbocycles. The third kappa shape index (κ3) is 2.99. The topological polar surface area (TPSA) is 46.9 Å². The van der Waals surface area contributed by atoms with Crippen LogP contribution in [-0.2, 0) is 11.8 Å². The minimum atomic E-state index is -2.73. The number of aryl methyl sites for hydroxylation is 1. The van der Waals surface area contributed by atoms with Crippen molar-refractivity contribution in [2.45, 2.75) is 43.9 Å². The molecule has 0 unspecified atom stereocenters. The number of anilines is 1. The Balaban J connectivity index is 1.65. The van der Waals surface area contributed by atoms with E-state index in [1.165, 1.54) is 12.1 Å². The maximum absolute atomic E-state index is 13.3. The molecule has 0 spiro atoms. The Morgan fingerprint density at radius 3 is 2.42 bits per heavy atom. The second kappa shape index (κ2) is 6.14. The van der Waals surface area contributed by atoms with Crippen molar-refractivity contribution >= 4 is 11.7 Å². The number of nitrogens with zero attached hydrogens (tertiary/aromatic N) is 2. The summed E-state index contributed by atoms with van der Waals surface area (Å²) in [6.45, 7) is 0. The molecule has 1 aromatic heterocycles. The largest absolute Gasteiger partial charge is 0.309 e. The normalized spacial score (nSPS) is 19.7. The monoisotopic (exact) mass is 363 g/mol. The Hall–Kier alpha value is -2.31. The first-order valence-electron chi connectivity index (χ1n) is 8.85. The summed E-state index contributed by atoms with van der Waals surface area (Å²) in [5, 5.41) is 7.20. The van der Waals surface area contributed by atoms with Gasteiger partial charge in [0.25, 0.3) is 0 Å². The van der Waals surface area contributed by atoms with Crippen molar-refractivity contribution in [1.82, 2.24) is 9.78 Å². The highest BCUT2D eigenvalue weighted by molar-refractivity contribution is 5.94. The highest BCUT2D eigenvalue weighted by atomic mass is 19.3. The summed E-state index contributed by atoms with van der Waals surface area (Å²) in [6, 6.07) is 6.16. The summed E-state index contributed by atoms with van der Waals surface area (Å²) in [4.78, 5) is 12.3. The molecule has 2 aliphatic rings. The van der Waals surface area contributed by atoms with Crippen LogP contribution in [0.1, 0.15) is 43.6 Å². The molecule has 26 heavy (non-hydrogen) atoms. The fourth-order valence-corrected chi connectivity index (χ4v) is 3.73. The molecule has 0 atom stereocenters. The molecule has 7 heteroatoms. The van der Waals surface area contributed by atoms with Crippen LogP contribution < -0.4 is 5.32 Å². The lowest BCUT2D eigenvalue weighted by Gasteiger charge is -2.33. The molecule has 1 N–H and O–H groups in total. The Kier molecular flexibility index (Phi) is 4.04. The van der Waals surface area contributed by atoms with Gasteiger partial charge in [-0.3, -0.25) is 9.48 Å². The van der Waals surface area contributed by atoms with E-state index in [1.54, 1.807) is 23.9 Å². The summed E-state index contributed by atoms with van der Waals surface area (Å²) in [5.41, 5.74) is 2.58. The van der Waals surface area contributed by atoms with E-state index in [1.807, 2.05) is 0 Å². The van der Waals surface area contributed by atoms with Gasteiger partial charge in [-0.15, -0.1) is 0 Å². The van der Waals surface area contributed by atoms with E-state index in [4.69, 9.17) is 0 Å². The van der Waals surface area contributed by atoms with Crippen LogP contribution in [0.3, 0.4) is 0 Å². The first kappa shape index (κ1) is 17.1. The number of alkyl halides is 2. The number of hydrogen-bond donors (Lipinski definition) is 1. The number of carbonyl (C=O) groups is 1. The zero-order valence-corrected chi connectivity index (χ0v) is 14.4. The SMILES string of the molecule is Cn1nc(NC(=O)C2CC(F)(F)C2)c(C2CCC2)c1-c1ccc(F)cc1. The molecule has 138 valence electrons. The highest BCUT2D eigenvalue weighted by Gasteiger charge is 2.49. The lowest BCUT2D eigenvalue weighted by molar-refractivity contribution is -0.145. The van der Waals surface area contributed by atoms with Gasteiger partial charge >= 0.3 is 0 Å². The second-order valence-corrected chi connectivity index (χ2v) is 7.32. The Morgan fingerprint density at radius 1 is 1.23 bits per heavy atom. The molecular weight excluding hydrogens is 343 g/mol. The Labute approximate surface area is 149 Å². The average molecular weight is 363 g/mol. The fourth-order valence-electron chi connectivity index (χ4n) is 3.73. The number of benzene rings is 1. The third-order valence-electron chi connectivity index (χ3n) is 5.42. The zero-order chi connectivity index (χ0) is 18.5. The quantitative estimate of drug-likeness (QED) is 0.871. The lowest BCUT2D eigenvalue weighted by Crippen LogP contribution is -2.42. The Morgan fingerprint density at radius 2 is 1.88 bits per heavy atom. The van der Waals surface area contributed by atoms with Crippen molar-refractivity contribution in [3.05, 3.63) is 35.6 Å². The van der Waals surface area contributed by atoms with E-state index in [0.29, 0.717) is 5.82 Å². The van der Waals surface area contributed by atoms with E-state index < -0.39 is 30.6 Å². The molecular formula is C19H20F3N3O. The fraction of sp³-hybridized carbons (Fsp3) is 0.474. The average Bonchev–Trinajstić information content (AvgIpc) is 2.80. The van der Waals surface area contributed by atoms with Gasteiger partial charge < -0.3 is 5.32 Å². The van der Waals surface area contributed by atoms with Crippen LogP contribution in [0.15, 0.2) is 24.3 Å². The number of hydrogen-bond acceptors (Lipinski definition) is 2. The van der Waals surface area contributed by atoms with Gasteiger partial charge in [0.2, 0.25) is 11.8 Å². The highest BCUT2D eigenvalue weighted by Crippen LogP contribution is 2.46. The molecule has 1 amide bonds. The van der Waals surface area contributed by atoms with Crippen LogP contribution in [-0.4, -0.2) is 21.6 Å². The van der Waals surface area contributed by atoms with Crippen molar-refractivity contribution in [3.8, 4) is 11.3 Å². The predicted octanol–water partition coefficient (Wildman–Crippen LogP) is 4.48. The van der Waals surface area contributed by atoms with E-state index >= 15 is 0 Å². The van der Waals surface area contributed by atoms with E-state index in [0.717, 1.165) is 36.1 Å². The number of nitrogens with one attached hydrogen (secondary N) is 1. The smallest absolute Gasteiger partial charge is 0.249 e. The molecule has 2 aromatic rings. The number of amides is 1. The van der Waals surface area contributed by atoms with Gasteiger partial charge in [0.05, 0.1) is 5.69 Å². The number of halogens is 3. The van der Waals surface area contributed by atoms with Crippen molar-refractivity contribution in [1.29, 1.82) is 0 Å². The molecule has 0 saturated heterocycles. The van der Waals surface area contributed by atoms with Crippen LogP contribution in [0, 0.1) is 11.7 Å². The van der Waals surface area contributed by atoms with E-state index in [9.17, 15) is 18.0 Å². The third-order valence-corrected chi connectivity index (χ3v) is 5.42. The van der Waals surface area contributed by atoms with Crippen molar-refractivity contribution < 1.29 is 18.0 Å². The zero-order valence-electron chi connectivity index (χ0n) is 14.4. The molecule has 2 aliphatic carbocycles. The summed E-state index contributed by atoms with van der Waals surface area (Å²) in [6.07, 6.45) is 2.27. The molecule has 4 rings (SSSR count). The van der Waals surface area contributed by atoms with Gasteiger partial charge in [0, 0.05) is 36.9 Å². The molecule has 1 aromatic carbocycles. The number of rotatable bonds is 4. The van der Waals surface area contributed by atoms with Crippen LogP contribution in [0.2, 0.25) is 0 Å². The van der Waals surface area contributed by atoms with Crippen LogP contribution >= 0.6 is 0 Å². The molecule has 4 nitrogen and oxygen atoms in total. The van der Waals surface area contributed by atoms with Gasteiger partial charge in [0.1, 0.15) is 5.82 Å². The van der Waals surface area contributed by atoms with Crippen LogP contribution in [0.4, 0.5) is 19.0 Å². The summed E-state index contributed by atoms with van der Waals surface area (Å²) in [5.74, 6) is -3.42. The summed E-state index contributed by atoms with van der Waals surface area (Å²) >= 11 is 0. The van der Waals surface area contributed by atoms with Gasteiger partial charge in [-0.1, -0.05) is 6.42 Å². The van der Waals surface area contributed by atoms with Gasteiger partial charge in [-0.25, -0.2) is 13.2 Å². The van der Waals surface area contributed by atoms with Crippen molar-refractivity contribution in [3.63, 3.8) is 0 Å². The molecule has 2 fully saturated rings. The maximum Gasteiger partial charge on any atom is 0.249 e. The summed E-state index contributed by atoms with van der Waals surface area (Å²) in [7, 11) is 1.77. The van der Waals surface area contributed by atoms with Crippen LogP contribution in [0.25, 0.3) is 11.3 Å². The summed E-state index contributed by atoms with van der Waals surface area (Å²) < 4.78 is 41.0.